The molecule has 0 bridgehead atoms. The third-order valence-electron chi connectivity index (χ3n) is 1.10. The third kappa shape index (κ3) is 4.68. The molecule has 12 heavy (non-hydrogen) atoms. The van der Waals surface area contributed by atoms with Gasteiger partial charge in [-0.2, -0.15) is 0 Å². The van der Waals surface area contributed by atoms with E-state index in [1.807, 2.05) is 0 Å². The number of hydrogen-bond acceptors (Lipinski definition) is 4. The van der Waals surface area contributed by atoms with Crippen LogP contribution in [-0.4, -0.2) is 36.4 Å². The number of aliphatic carboxylic acids is 1. The lowest BCUT2D eigenvalue weighted by molar-refractivity contribution is -0.157. The summed E-state index contributed by atoms with van der Waals surface area (Å²) in [7, 11) is 0. The number of carbonyl (C=O) groups excluding carboxylic acids is 1. The van der Waals surface area contributed by atoms with Gasteiger partial charge in [-0.15, -0.1) is 0 Å². The molecule has 1 N–H and O–H groups in total. The highest BCUT2D eigenvalue weighted by Crippen LogP contribution is 1.91. The van der Waals surface area contributed by atoms with Crippen molar-refractivity contribution in [1.29, 1.82) is 0 Å². The SMILES string of the molecule is CCOC(=O)COC(C)C(=O)O. The van der Waals surface area contributed by atoms with Gasteiger partial charge in [-0.3, -0.25) is 0 Å². The fourth-order valence-corrected chi connectivity index (χ4v) is 0.467. The standard InChI is InChI=1S/C7H12O5/c1-3-11-6(8)4-12-5(2)7(9)10/h5H,3-4H2,1-2H3,(H,9,10). The van der Waals surface area contributed by atoms with E-state index in [4.69, 9.17) is 5.11 Å². The molecule has 0 aliphatic rings. The Morgan fingerprint density at radius 3 is 2.50 bits per heavy atom. The lowest BCUT2D eigenvalue weighted by Crippen LogP contribution is -2.24. The van der Waals surface area contributed by atoms with Crippen molar-refractivity contribution < 1.29 is 24.2 Å². The highest BCUT2D eigenvalue weighted by Gasteiger charge is 2.13. The van der Waals surface area contributed by atoms with Gasteiger partial charge in [-0.25, -0.2) is 9.59 Å². The summed E-state index contributed by atoms with van der Waals surface area (Å²) in [5.41, 5.74) is 0. The molecule has 0 radical (unpaired) electrons. The van der Waals surface area contributed by atoms with Crippen molar-refractivity contribution >= 4 is 11.9 Å². The molecule has 1 atom stereocenters. The Balaban J connectivity index is 3.54. The molecule has 0 rings (SSSR count). The smallest absolute Gasteiger partial charge is 0.332 e. The maximum absolute atomic E-state index is 10.6. The second-order valence-corrected chi connectivity index (χ2v) is 2.10. The molecule has 0 aromatic carbocycles. The van der Waals surface area contributed by atoms with Crippen LogP contribution in [0, 0.1) is 0 Å². The summed E-state index contributed by atoms with van der Waals surface area (Å²) in [6, 6.07) is 0. The van der Waals surface area contributed by atoms with E-state index < -0.39 is 18.0 Å². The van der Waals surface area contributed by atoms with Gasteiger partial charge < -0.3 is 14.6 Å². The second kappa shape index (κ2) is 5.54. The van der Waals surface area contributed by atoms with Gasteiger partial charge in [0.15, 0.2) is 6.10 Å². The van der Waals surface area contributed by atoms with E-state index in [0.29, 0.717) is 0 Å². The molecular weight excluding hydrogens is 164 g/mol. The Kier molecular flexibility index (Phi) is 5.03. The van der Waals surface area contributed by atoms with Crippen molar-refractivity contribution in [2.24, 2.45) is 0 Å². The van der Waals surface area contributed by atoms with Crippen LogP contribution in [0.3, 0.4) is 0 Å². The minimum atomic E-state index is -1.10. The number of carboxylic acid groups (broad SMARTS) is 1. The quantitative estimate of drug-likeness (QED) is 0.598. The van der Waals surface area contributed by atoms with Crippen LogP contribution in [0.2, 0.25) is 0 Å². The van der Waals surface area contributed by atoms with Crippen LogP contribution < -0.4 is 0 Å². The summed E-state index contributed by atoms with van der Waals surface area (Å²) < 4.78 is 9.16. The summed E-state index contributed by atoms with van der Waals surface area (Å²) in [4.78, 5) is 20.8. The number of carboxylic acids is 1. The number of carbonyl (C=O) groups is 2. The molecule has 70 valence electrons. The fourth-order valence-electron chi connectivity index (χ4n) is 0.467. The predicted octanol–water partition coefficient (Wildman–Crippen LogP) is 0.0392. The largest absolute Gasteiger partial charge is 0.479 e. The van der Waals surface area contributed by atoms with E-state index >= 15 is 0 Å². The van der Waals surface area contributed by atoms with Crippen LogP contribution in [0.4, 0.5) is 0 Å². The summed E-state index contributed by atoms with van der Waals surface area (Å²) in [6.07, 6.45) is -0.977. The maximum atomic E-state index is 10.6. The Morgan fingerprint density at radius 2 is 2.08 bits per heavy atom. The van der Waals surface area contributed by atoms with Crippen molar-refractivity contribution in [3.05, 3.63) is 0 Å². The number of hydrogen-bond donors (Lipinski definition) is 1. The highest BCUT2D eigenvalue weighted by molar-refractivity contribution is 5.73. The van der Waals surface area contributed by atoms with Gasteiger partial charge in [0, 0.05) is 0 Å². The Hall–Kier alpha value is -1.10. The normalized spacial score (nSPS) is 12.2. The maximum Gasteiger partial charge on any atom is 0.332 e. The lowest BCUT2D eigenvalue weighted by atomic mass is 10.4. The van der Waals surface area contributed by atoms with Crippen molar-refractivity contribution in [3.8, 4) is 0 Å². The zero-order valence-corrected chi connectivity index (χ0v) is 7.07. The molecule has 0 heterocycles. The molecule has 0 saturated heterocycles. The lowest BCUT2D eigenvalue weighted by Gasteiger charge is -2.06. The topological polar surface area (TPSA) is 72.8 Å². The fraction of sp³-hybridized carbons (Fsp3) is 0.714. The van der Waals surface area contributed by atoms with Crippen LogP contribution in [-0.2, 0) is 19.1 Å². The first-order chi connectivity index (χ1) is 5.57. The Bertz CT molecular complexity index is 165. The zero-order valence-electron chi connectivity index (χ0n) is 7.07. The first-order valence-electron chi connectivity index (χ1n) is 3.58. The van der Waals surface area contributed by atoms with Gasteiger partial charge in [0.2, 0.25) is 0 Å². The minimum Gasteiger partial charge on any atom is -0.479 e. The van der Waals surface area contributed by atoms with Gasteiger partial charge in [-0.1, -0.05) is 0 Å². The average molecular weight is 176 g/mol. The van der Waals surface area contributed by atoms with E-state index in [9.17, 15) is 9.59 Å². The summed E-state index contributed by atoms with van der Waals surface area (Å²) in [5, 5.41) is 8.35. The third-order valence-corrected chi connectivity index (χ3v) is 1.10. The molecule has 1 unspecified atom stereocenters. The molecule has 0 amide bonds. The predicted molar refractivity (Wildman–Crippen MR) is 39.7 cm³/mol. The first kappa shape index (κ1) is 10.9. The van der Waals surface area contributed by atoms with E-state index in [-0.39, 0.29) is 13.2 Å². The Morgan fingerprint density at radius 1 is 1.50 bits per heavy atom. The van der Waals surface area contributed by atoms with Crippen LogP contribution in [0.5, 0.6) is 0 Å². The van der Waals surface area contributed by atoms with Crippen LogP contribution in [0.1, 0.15) is 13.8 Å². The molecule has 0 saturated carbocycles. The van der Waals surface area contributed by atoms with Crippen LogP contribution >= 0.6 is 0 Å². The highest BCUT2D eigenvalue weighted by atomic mass is 16.6. The van der Waals surface area contributed by atoms with Gasteiger partial charge in [0.25, 0.3) is 0 Å². The zero-order chi connectivity index (χ0) is 9.56. The van der Waals surface area contributed by atoms with Gasteiger partial charge in [0.1, 0.15) is 6.61 Å². The monoisotopic (exact) mass is 176 g/mol. The van der Waals surface area contributed by atoms with Crippen LogP contribution in [0.25, 0.3) is 0 Å². The molecule has 5 heteroatoms. The molecule has 0 fully saturated rings. The van der Waals surface area contributed by atoms with E-state index in [0.717, 1.165) is 0 Å². The molecule has 0 spiro atoms. The average Bonchev–Trinajstić information content (AvgIpc) is 2.00. The van der Waals surface area contributed by atoms with Gasteiger partial charge in [-0.05, 0) is 13.8 Å². The van der Waals surface area contributed by atoms with E-state index in [1.54, 1.807) is 6.92 Å². The van der Waals surface area contributed by atoms with Crippen molar-refractivity contribution in [2.45, 2.75) is 20.0 Å². The molecular formula is C7H12O5. The molecule has 0 aromatic rings. The van der Waals surface area contributed by atoms with Gasteiger partial charge >= 0.3 is 11.9 Å². The van der Waals surface area contributed by atoms with Crippen LogP contribution in [0.15, 0.2) is 0 Å². The summed E-state index contributed by atoms with van der Waals surface area (Å²) in [6.45, 7) is 2.96. The number of ether oxygens (including phenoxy) is 2. The van der Waals surface area contributed by atoms with Crippen molar-refractivity contribution in [2.75, 3.05) is 13.2 Å². The van der Waals surface area contributed by atoms with Crippen molar-refractivity contribution in [3.63, 3.8) is 0 Å². The molecule has 0 aliphatic heterocycles. The van der Waals surface area contributed by atoms with Gasteiger partial charge in [0.05, 0.1) is 6.61 Å². The summed E-state index contributed by atoms with van der Waals surface area (Å²) >= 11 is 0. The first-order valence-corrected chi connectivity index (χ1v) is 3.58. The minimum absolute atomic E-state index is 0.268. The molecule has 0 aromatic heterocycles. The van der Waals surface area contributed by atoms with E-state index in [2.05, 4.69) is 9.47 Å². The number of rotatable bonds is 5. The molecule has 0 aliphatic carbocycles. The summed E-state index contributed by atoms with van der Waals surface area (Å²) in [5.74, 6) is -1.65. The van der Waals surface area contributed by atoms with Crippen molar-refractivity contribution in [1.82, 2.24) is 0 Å². The Labute approximate surface area is 70.3 Å². The second-order valence-electron chi connectivity index (χ2n) is 2.10. The molecule has 5 nitrogen and oxygen atoms in total. The van der Waals surface area contributed by atoms with E-state index in [1.165, 1.54) is 6.92 Å². The number of esters is 1.